The molecule has 0 radical (unpaired) electrons. The van der Waals surface area contributed by atoms with Crippen molar-refractivity contribution in [2.24, 2.45) is 5.92 Å². The molecular weight excluding hydrogens is 456 g/mol. The summed E-state index contributed by atoms with van der Waals surface area (Å²) in [5, 5.41) is 0. The van der Waals surface area contributed by atoms with Gasteiger partial charge in [0.2, 0.25) is 0 Å². The average Bonchev–Trinajstić information content (AvgIpc) is 2.94. The molecule has 0 saturated carbocycles. The highest BCUT2D eigenvalue weighted by atomic mass is 16.5. The molecule has 3 aromatic rings. The number of ketones is 1. The van der Waals surface area contributed by atoms with Gasteiger partial charge in [-0.3, -0.25) is 9.69 Å². The van der Waals surface area contributed by atoms with E-state index in [0.717, 1.165) is 64.2 Å². The first-order chi connectivity index (χ1) is 18.2. The predicted molar refractivity (Wildman–Crippen MR) is 151 cm³/mol. The Morgan fingerprint density at radius 3 is 2.22 bits per heavy atom. The molecule has 0 aliphatic carbocycles. The van der Waals surface area contributed by atoms with Gasteiger partial charge in [0.1, 0.15) is 17.6 Å². The molecule has 0 aromatic heterocycles. The van der Waals surface area contributed by atoms with Gasteiger partial charge in [0.05, 0.1) is 0 Å². The standard InChI is InChI=1S/C33H40N2O2/c36-31(18-15-27-8-3-1-4-9-27)24-29-10-7-21-34(26-29)25-28-13-16-30(17-14-28)35-22-19-33(20-23-35)37-32-11-5-2-6-12-32/h1-6,8-9,11-14,16-17,29,33H,7,10,15,18-26H2. The van der Waals surface area contributed by atoms with Crippen LogP contribution >= 0.6 is 0 Å². The van der Waals surface area contributed by atoms with Gasteiger partial charge in [-0.25, -0.2) is 0 Å². The summed E-state index contributed by atoms with van der Waals surface area (Å²) in [6, 6.07) is 29.7. The summed E-state index contributed by atoms with van der Waals surface area (Å²) in [6.07, 6.45) is 7.02. The molecule has 194 valence electrons. The topological polar surface area (TPSA) is 32.8 Å². The number of Topliss-reactive ketones (excluding diaryl/α,β-unsaturated/α-hetero) is 1. The largest absolute Gasteiger partial charge is 0.490 e. The number of likely N-dealkylation sites (tertiary alicyclic amines) is 1. The molecule has 4 nitrogen and oxygen atoms in total. The second-order valence-electron chi connectivity index (χ2n) is 10.8. The minimum atomic E-state index is 0.301. The molecule has 2 fully saturated rings. The van der Waals surface area contributed by atoms with Gasteiger partial charge in [-0.15, -0.1) is 0 Å². The molecule has 2 aliphatic rings. The van der Waals surface area contributed by atoms with Gasteiger partial charge >= 0.3 is 0 Å². The summed E-state index contributed by atoms with van der Waals surface area (Å²) in [5.41, 5.74) is 3.93. The van der Waals surface area contributed by atoms with E-state index in [-0.39, 0.29) is 0 Å². The lowest BCUT2D eigenvalue weighted by Gasteiger charge is -2.34. The first kappa shape index (κ1) is 25.5. The van der Waals surface area contributed by atoms with Crippen LogP contribution < -0.4 is 9.64 Å². The molecule has 5 rings (SSSR count). The van der Waals surface area contributed by atoms with Gasteiger partial charge in [-0.1, -0.05) is 60.7 Å². The second kappa shape index (κ2) is 12.9. The number of ether oxygens (including phenoxy) is 1. The number of carbonyl (C=O) groups excluding carboxylic acids is 1. The van der Waals surface area contributed by atoms with Crippen molar-refractivity contribution in [3.05, 3.63) is 96.1 Å². The lowest BCUT2D eigenvalue weighted by molar-refractivity contribution is -0.120. The Bertz CT molecular complexity index is 1090. The Kier molecular flexibility index (Phi) is 8.91. The van der Waals surface area contributed by atoms with Crippen LogP contribution in [0.2, 0.25) is 0 Å². The summed E-state index contributed by atoms with van der Waals surface area (Å²) in [5.74, 6) is 1.88. The number of hydrogen-bond acceptors (Lipinski definition) is 4. The van der Waals surface area contributed by atoms with Crippen molar-refractivity contribution in [1.82, 2.24) is 4.90 Å². The first-order valence-electron chi connectivity index (χ1n) is 14.0. The molecule has 1 atom stereocenters. The average molecular weight is 497 g/mol. The van der Waals surface area contributed by atoms with E-state index in [1.54, 1.807) is 0 Å². The molecule has 3 aromatic carbocycles. The molecule has 2 aliphatic heterocycles. The van der Waals surface area contributed by atoms with Gasteiger partial charge in [-0.2, -0.15) is 0 Å². The third-order valence-electron chi connectivity index (χ3n) is 7.85. The maximum absolute atomic E-state index is 12.6. The number of benzene rings is 3. The fraction of sp³-hybridized carbons (Fsp3) is 0.424. The van der Waals surface area contributed by atoms with Crippen LogP contribution in [0.15, 0.2) is 84.9 Å². The normalized spacial score (nSPS) is 19.0. The molecule has 2 saturated heterocycles. The van der Waals surface area contributed by atoms with Crippen LogP contribution in [0.25, 0.3) is 0 Å². The van der Waals surface area contributed by atoms with Gasteiger partial charge in [0.25, 0.3) is 0 Å². The molecule has 4 heteroatoms. The third-order valence-corrected chi connectivity index (χ3v) is 7.85. The quantitative estimate of drug-likeness (QED) is 0.319. The Balaban J connectivity index is 1.05. The van der Waals surface area contributed by atoms with Gasteiger partial charge in [0, 0.05) is 57.5 Å². The minimum absolute atomic E-state index is 0.301. The lowest BCUT2D eigenvalue weighted by atomic mass is 9.91. The van der Waals surface area contributed by atoms with Crippen molar-refractivity contribution in [3.8, 4) is 5.75 Å². The fourth-order valence-corrected chi connectivity index (χ4v) is 5.81. The Labute approximate surface area is 222 Å². The van der Waals surface area contributed by atoms with E-state index in [2.05, 4.69) is 58.3 Å². The van der Waals surface area contributed by atoms with Crippen LogP contribution in [-0.2, 0) is 17.8 Å². The smallest absolute Gasteiger partial charge is 0.133 e. The van der Waals surface area contributed by atoms with Crippen LogP contribution in [0.5, 0.6) is 5.75 Å². The van der Waals surface area contributed by atoms with Gasteiger partial charge in [0.15, 0.2) is 0 Å². The van der Waals surface area contributed by atoms with Crippen molar-refractivity contribution < 1.29 is 9.53 Å². The van der Waals surface area contributed by atoms with Crippen molar-refractivity contribution in [1.29, 1.82) is 0 Å². The molecule has 0 amide bonds. The monoisotopic (exact) mass is 496 g/mol. The van der Waals surface area contributed by atoms with Crippen molar-refractivity contribution in [3.63, 3.8) is 0 Å². The summed E-state index contributed by atoms with van der Waals surface area (Å²) in [7, 11) is 0. The SMILES string of the molecule is O=C(CCc1ccccc1)CC1CCCN(Cc2ccc(N3CCC(Oc4ccccc4)CC3)cc2)C1. The molecular formula is C33H40N2O2. The van der Waals surface area contributed by atoms with Crippen LogP contribution in [0.3, 0.4) is 0 Å². The zero-order chi connectivity index (χ0) is 25.3. The summed E-state index contributed by atoms with van der Waals surface area (Å²) in [6.45, 7) is 5.20. The lowest BCUT2D eigenvalue weighted by Crippen LogP contribution is -2.38. The highest BCUT2D eigenvalue weighted by Gasteiger charge is 2.23. The van der Waals surface area contributed by atoms with E-state index in [0.29, 0.717) is 24.2 Å². The zero-order valence-corrected chi connectivity index (χ0v) is 21.9. The Morgan fingerprint density at radius 2 is 1.49 bits per heavy atom. The number of rotatable bonds is 10. The van der Waals surface area contributed by atoms with E-state index in [4.69, 9.17) is 4.74 Å². The first-order valence-corrected chi connectivity index (χ1v) is 14.0. The van der Waals surface area contributed by atoms with E-state index < -0.39 is 0 Å². The van der Waals surface area contributed by atoms with Gasteiger partial charge in [-0.05, 0) is 67.1 Å². The Morgan fingerprint density at radius 1 is 0.784 bits per heavy atom. The minimum Gasteiger partial charge on any atom is -0.490 e. The number of para-hydroxylation sites is 1. The second-order valence-corrected chi connectivity index (χ2v) is 10.8. The number of anilines is 1. The molecule has 0 spiro atoms. The van der Waals surface area contributed by atoms with Crippen molar-refractivity contribution >= 4 is 11.5 Å². The molecule has 1 unspecified atom stereocenters. The number of carbonyl (C=O) groups is 1. The van der Waals surface area contributed by atoms with E-state index in [9.17, 15) is 4.79 Å². The van der Waals surface area contributed by atoms with E-state index in [1.165, 1.54) is 29.7 Å². The molecule has 0 bridgehead atoms. The maximum Gasteiger partial charge on any atom is 0.133 e. The van der Waals surface area contributed by atoms with E-state index in [1.807, 2.05) is 36.4 Å². The van der Waals surface area contributed by atoms with Crippen LogP contribution in [0, 0.1) is 5.92 Å². The van der Waals surface area contributed by atoms with Crippen molar-refractivity contribution in [2.75, 3.05) is 31.1 Å². The van der Waals surface area contributed by atoms with Crippen LogP contribution in [0.4, 0.5) is 5.69 Å². The molecule has 37 heavy (non-hydrogen) atoms. The summed E-state index contributed by atoms with van der Waals surface area (Å²) < 4.78 is 6.16. The molecule has 2 heterocycles. The summed E-state index contributed by atoms with van der Waals surface area (Å²) in [4.78, 5) is 17.6. The van der Waals surface area contributed by atoms with E-state index >= 15 is 0 Å². The maximum atomic E-state index is 12.6. The van der Waals surface area contributed by atoms with Crippen molar-refractivity contribution in [2.45, 2.75) is 57.6 Å². The number of aryl methyl sites for hydroxylation is 1. The number of nitrogens with zero attached hydrogens (tertiary/aromatic N) is 2. The predicted octanol–water partition coefficient (Wildman–Crippen LogP) is 6.54. The van der Waals surface area contributed by atoms with Gasteiger partial charge < -0.3 is 9.64 Å². The highest BCUT2D eigenvalue weighted by molar-refractivity contribution is 5.78. The number of hydrogen-bond donors (Lipinski definition) is 0. The van der Waals surface area contributed by atoms with Crippen LogP contribution in [-0.4, -0.2) is 43.0 Å². The fourth-order valence-electron chi connectivity index (χ4n) is 5.81. The molecule has 0 N–H and O–H groups in total. The highest BCUT2D eigenvalue weighted by Crippen LogP contribution is 2.26. The zero-order valence-electron chi connectivity index (χ0n) is 21.9. The van der Waals surface area contributed by atoms with Crippen LogP contribution in [0.1, 0.15) is 49.7 Å². The summed E-state index contributed by atoms with van der Waals surface area (Å²) >= 11 is 0. The number of piperidine rings is 2. The Hall–Kier alpha value is -3.11. The third kappa shape index (κ3) is 7.69.